The minimum atomic E-state index is -0.362. The van der Waals surface area contributed by atoms with Gasteiger partial charge in [-0.15, -0.1) is 0 Å². The van der Waals surface area contributed by atoms with E-state index < -0.39 is 0 Å². The summed E-state index contributed by atoms with van der Waals surface area (Å²) >= 11 is 0. The average Bonchev–Trinajstić information content (AvgIpc) is 2.97. The molecule has 0 amide bonds. The van der Waals surface area contributed by atoms with Gasteiger partial charge in [0.15, 0.2) is 0 Å². The van der Waals surface area contributed by atoms with Crippen LogP contribution >= 0.6 is 0 Å². The zero-order chi connectivity index (χ0) is 18.4. The molecular formula is C25H22O2. The third-order valence-corrected chi connectivity index (χ3v) is 6.15. The third kappa shape index (κ3) is 2.33. The van der Waals surface area contributed by atoms with E-state index in [1.165, 1.54) is 11.1 Å². The molecule has 0 spiro atoms. The maximum Gasteiger partial charge on any atom is 0.142 e. The van der Waals surface area contributed by atoms with Crippen LogP contribution in [-0.2, 0) is 0 Å². The van der Waals surface area contributed by atoms with Gasteiger partial charge in [-0.1, -0.05) is 67.2 Å². The Hall–Kier alpha value is -3.00. The van der Waals surface area contributed by atoms with Crippen LogP contribution in [0.1, 0.15) is 34.9 Å². The molecule has 0 unspecified atom stereocenters. The van der Waals surface area contributed by atoms with E-state index in [1.54, 1.807) is 7.11 Å². The van der Waals surface area contributed by atoms with E-state index >= 15 is 0 Å². The Kier molecular flexibility index (Phi) is 3.61. The third-order valence-electron chi connectivity index (χ3n) is 6.15. The molecule has 1 aliphatic carbocycles. The monoisotopic (exact) mass is 354 g/mol. The predicted octanol–water partition coefficient (Wildman–Crippen LogP) is 5.81. The molecule has 27 heavy (non-hydrogen) atoms. The van der Waals surface area contributed by atoms with Gasteiger partial charge in [-0.25, -0.2) is 0 Å². The Labute approximate surface area is 160 Å². The van der Waals surface area contributed by atoms with Gasteiger partial charge in [-0.3, -0.25) is 0 Å². The van der Waals surface area contributed by atoms with E-state index in [9.17, 15) is 0 Å². The molecule has 0 bridgehead atoms. The minimum absolute atomic E-state index is 0.297. The molecule has 134 valence electrons. The molecule has 0 aromatic heterocycles. The number of ether oxygens (including phenoxy) is 2. The molecule has 1 fully saturated rings. The van der Waals surface area contributed by atoms with E-state index in [-0.39, 0.29) is 5.60 Å². The van der Waals surface area contributed by atoms with E-state index in [2.05, 4.69) is 67.2 Å². The first-order chi connectivity index (χ1) is 13.2. The lowest BCUT2D eigenvalue weighted by molar-refractivity contribution is 0.0330. The van der Waals surface area contributed by atoms with Gasteiger partial charge in [0.2, 0.25) is 0 Å². The zero-order valence-electron chi connectivity index (χ0n) is 15.4. The highest BCUT2D eigenvalue weighted by atomic mass is 16.5. The lowest BCUT2D eigenvalue weighted by Gasteiger charge is -2.51. The van der Waals surface area contributed by atoms with E-state index in [4.69, 9.17) is 9.47 Å². The summed E-state index contributed by atoms with van der Waals surface area (Å²) < 4.78 is 11.9. The summed E-state index contributed by atoms with van der Waals surface area (Å²) in [6.45, 7) is 4.48. The number of methoxy groups -OCH3 is 1. The second kappa shape index (κ2) is 6.02. The second-order valence-electron chi connectivity index (χ2n) is 7.44. The van der Waals surface area contributed by atoms with Crippen LogP contribution in [-0.4, -0.2) is 12.7 Å². The summed E-state index contributed by atoms with van der Waals surface area (Å²) in [7, 11) is 1.69. The van der Waals surface area contributed by atoms with Crippen molar-refractivity contribution in [3.63, 3.8) is 0 Å². The minimum Gasteiger partial charge on any atom is -0.497 e. The first kappa shape index (κ1) is 16.2. The molecule has 3 aromatic carbocycles. The standard InChI is InChI=1S/C25H22O2/c1-17(18-12-14-20(26-2)15-13-18)25-16-22(19-8-4-3-5-9-19)24(25)21-10-6-7-11-23(21)27-25/h3-15,22,24H,1,16H2,2H3/t22-,24-,25-/m1/s1. The summed E-state index contributed by atoms with van der Waals surface area (Å²) in [6.07, 6.45) is 0.946. The smallest absolute Gasteiger partial charge is 0.142 e. The van der Waals surface area contributed by atoms with Gasteiger partial charge in [-0.05, 0) is 47.2 Å². The summed E-state index contributed by atoms with van der Waals surface area (Å²) in [6, 6.07) is 27.3. The molecule has 3 atom stereocenters. The summed E-state index contributed by atoms with van der Waals surface area (Å²) in [5, 5.41) is 0. The molecule has 5 rings (SSSR count). The molecular weight excluding hydrogens is 332 g/mol. The molecule has 3 aromatic rings. The van der Waals surface area contributed by atoms with Crippen molar-refractivity contribution < 1.29 is 9.47 Å². The van der Waals surface area contributed by atoms with Gasteiger partial charge in [0.05, 0.1) is 7.11 Å². The van der Waals surface area contributed by atoms with Crippen LogP contribution < -0.4 is 9.47 Å². The molecule has 2 heteroatoms. The van der Waals surface area contributed by atoms with E-state index in [0.717, 1.165) is 29.1 Å². The van der Waals surface area contributed by atoms with Crippen molar-refractivity contribution >= 4 is 5.57 Å². The van der Waals surface area contributed by atoms with Crippen molar-refractivity contribution in [1.29, 1.82) is 0 Å². The average molecular weight is 354 g/mol. The molecule has 2 aliphatic rings. The van der Waals surface area contributed by atoms with Gasteiger partial charge < -0.3 is 9.47 Å². The molecule has 1 aliphatic heterocycles. The van der Waals surface area contributed by atoms with Gasteiger partial charge in [0.25, 0.3) is 0 Å². The van der Waals surface area contributed by atoms with Crippen molar-refractivity contribution in [1.82, 2.24) is 0 Å². The summed E-state index contributed by atoms with van der Waals surface area (Å²) in [5.41, 5.74) is 4.48. The number of rotatable bonds is 4. The normalized spacial score (nSPS) is 24.9. The molecule has 1 saturated carbocycles. The molecule has 2 nitrogen and oxygen atoms in total. The van der Waals surface area contributed by atoms with Crippen LogP contribution in [0.15, 0.2) is 85.4 Å². The summed E-state index contributed by atoms with van der Waals surface area (Å²) in [4.78, 5) is 0. The van der Waals surface area contributed by atoms with E-state index in [0.29, 0.717) is 11.8 Å². The highest BCUT2D eigenvalue weighted by Crippen LogP contribution is 2.67. The fourth-order valence-electron chi connectivity index (χ4n) is 4.76. The van der Waals surface area contributed by atoms with Gasteiger partial charge in [0, 0.05) is 11.5 Å². The summed E-state index contributed by atoms with van der Waals surface area (Å²) in [5.74, 6) is 2.60. The van der Waals surface area contributed by atoms with Crippen molar-refractivity contribution in [3.05, 3.63) is 102 Å². The van der Waals surface area contributed by atoms with Crippen LogP contribution in [0, 0.1) is 0 Å². The van der Waals surface area contributed by atoms with Crippen LogP contribution in [0.2, 0.25) is 0 Å². The number of para-hydroxylation sites is 1. The molecule has 0 N–H and O–H groups in total. The first-order valence-corrected chi connectivity index (χ1v) is 9.39. The molecule has 1 heterocycles. The SMILES string of the molecule is C=C(c1ccc(OC)cc1)[C@]12C[C@H](c3ccccc3)[C@H]1c1ccccc1O2. The maximum atomic E-state index is 6.59. The molecule has 0 saturated heterocycles. The van der Waals surface area contributed by atoms with Crippen LogP contribution in [0.5, 0.6) is 11.5 Å². The Morgan fingerprint density at radius 1 is 0.963 bits per heavy atom. The van der Waals surface area contributed by atoms with Crippen molar-refractivity contribution in [2.75, 3.05) is 7.11 Å². The van der Waals surface area contributed by atoms with Gasteiger partial charge in [-0.2, -0.15) is 0 Å². The Balaban J connectivity index is 1.56. The van der Waals surface area contributed by atoms with Gasteiger partial charge in [0.1, 0.15) is 17.1 Å². The number of hydrogen-bond acceptors (Lipinski definition) is 2. The fraction of sp³-hybridized carbons (Fsp3) is 0.200. The second-order valence-corrected chi connectivity index (χ2v) is 7.44. The number of fused-ring (bicyclic) bond motifs is 3. The number of hydrogen-bond donors (Lipinski definition) is 0. The Morgan fingerprint density at radius 2 is 1.67 bits per heavy atom. The quantitative estimate of drug-likeness (QED) is 0.588. The highest BCUT2D eigenvalue weighted by molar-refractivity contribution is 5.77. The van der Waals surface area contributed by atoms with Crippen LogP contribution in [0.4, 0.5) is 0 Å². The van der Waals surface area contributed by atoms with Crippen molar-refractivity contribution in [3.8, 4) is 11.5 Å². The predicted molar refractivity (Wildman–Crippen MR) is 108 cm³/mol. The largest absolute Gasteiger partial charge is 0.497 e. The molecule has 0 radical (unpaired) electrons. The van der Waals surface area contributed by atoms with Gasteiger partial charge >= 0.3 is 0 Å². The fourth-order valence-corrected chi connectivity index (χ4v) is 4.76. The first-order valence-electron chi connectivity index (χ1n) is 9.39. The maximum absolute atomic E-state index is 6.59. The van der Waals surface area contributed by atoms with Crippen molar-refractivity contribution in [2.45, 2.75) is 23.9 Å². The van der Waals surface area contributed by atoms with E-state index in [1.807, 2.05) is 18.2 Å². The zero-order valence-corrected chi connectivity index (χ0v) is 15.4. The topological polar surface area (TPSA) is 18.5 Å². The van der Waals surface area contributed by atoms with Crippen LogP contribution in [0.25, 0.3) is 5.57 Å². The van der Waals surface area contributed by atoms with Crippen LogP contribution in [0.3, 0.4) is 0 Å². The lowest BCUT2D eigenvalue weighted by Crippen LogP contribution is -2.52. The van der Waals surface area contributed by atoms with Crippen molar-refractivity contribution in [2.24, 2.45) is 0 Å². The lowest BCUT2D eigenvalue weighted by atomic mass is 9.54. The Bertz CT molecular complexity index is 990. The Morgan fingerprint density at radius 3 is 2.41 bits per heavy atom. The highest BCUT2D eigenvalue weighted by Gasteiger charge is 2.62. The number of benzene rings is 3.